The lowest BCUT2D eigenvalue weighted by Gasteiger charge is -2.10. The molecule has 1 aromatic heterocycles. The molecule has 0 atom stereocenters. The minimum Gasteiger partial charge on any atom is -0.488 e. The van der Waals surface area contributed by atoms with E-state index in [-0.39, 0.29) is 30.2 Å². The van der Waals surface area contributed by atoms with E-state index in [2.05, 4.69) is 17.2 Å². The summed E-state index contributed by atoms with van der Waals surface area (Å²) in [5.41, 5.74) is 1.55. The molecule has 1 heterocycles. The Morgan fingerprint density at radius 1 is 1.23 bits per heavy atom. The molecule has 0 aliphatic carbocycles. The van der Waals surface area contributed by atoms with Gasteiger partial charge in [0.15, 0.2) is 12.4 Å². The summed E-state index contributed by atoms with van der Waals surface area (Å²) in [6, 6.07) is 9.08. The van der Waals surface area contributed by atoms with Crippen LogP contribution in [-0.4, -0.2) is 24.1 Å². The number of aromatic amines is 1. The summed E-state index contributed by atoms with van der Waals surface area (Å²) < 4.78 is 10.9. The molecule has 1 aromatic carbocycles. The molecule has 0 aliphatic rings. The van der Waals surface area contributed by atoms with Crippen LogP contribution in [0.25, 0.3) is 0 Å². The van der Waals surface area contributed by atoms with Crippen LogP contribution in [0.4, 0.5) is 0 Å². The van der Waals surface area contributed by atoms with E-state index in [0.29, 0.717) is 24.0 Å². The highest BCUT2D eigenvalue weighted by Gasteiger charge is 2.07. The molecular formula is C20H26N2O4. The van der Waals surface area contributed by atoms with Crippen LogP contribution in [-0.2, 0) is 17.8 Å². The minimum atomic E-state index is -0.257. The standard InChI is InChI=1S/C20H26N2O4/c1-4-15-6-5-7-17(8-15)25-13-20(24)22-10-16-9-18(23)19(11-21-16)26-12-14(2)3/h5-9,11,14H,4,10,12-13H2,1-3H3,(H,21,23)(H,22,24). The molecule has 0 aliphatic heterocycles. The zero-order valence-corrected chi connectivity index (χ0v) is 15.5. The zero-order chi connectivity index (χ0) is 18.9. The molecule has 1 amide bonds. The van der Waals surface area contributed by atoms with Gasteiger partial charge in [0.2, 0.25) is 5.43 Å². The van der Waals surface area contributed by atoms with E-state index in [1.54, 1.807) is 0 Å². The molecule has 0 bridgehead atoms. The molecule has 140 valence electrons. The number of ether oxygens (including phenoxy) is 2. The van der Waals surface area contributed by atoms with Gasteiger partial charge in [0.1, 0.15) is 5.75 Å². The summed E-state index contributed by atoms with van der Waals surface area (Å²) in [7, 11) is 0. The number of pyridine rings is 1. The van der Waals surface area contributed by atoms with Crippen LogP contribution in [0.2, 0.25) is 0 Å². The first-order chi connectivity index (χ1) is 12.5. The average molecular weight is 358 g/mol. The number of carbonyl (C=O) groups is 1. The summed E-state index contributed by atoms with van der Waals surface area (Å²) in [5.74, 6) is 1.03. The number of aryl methyl sites for hydroxylation is 1. The lowest BCUT2D eigenvalue weighted by molar-refractivity contribution is -0.123. The molecule has 26 heavy (non-hydrogen) atoms. The minimum absolute atomic E-state index is 0.0764. The van der Waals surface area contributed by atoms with E-state index in [0.717, 1.165) is 12.0 Å². The number of amides is 1. The van der Waals surface area contributed by atoms with E-state index < -0.39 is 0 Å². The summed E-state index contributed by atoms with van der Waals surface area (Å²) >= 11 is 0. The maximum atomic E-state index is 12.0. The fraction of sp³-hybridized carbons (Fsp3) is 0.400. The van der Waals surface area contributed by atoms with Crippen LogP contribution >= 0.6 is 0 Å². The number of aromatic nitrogens is 1. The second-order valence-electron chi connectivity index (χ2n) is 6.46. The monoisotopic (exact) mass is 358 g/mol. The Morgan fingerprint density at radius 2 is 2.04 bits per heavy atom. The van der Waals surface area contributed by atoms with Crippen LogP contribution in [0.15, 0.2) is 41.3 Å². The molecule has 6 heteroatoms. The van der Waals surface area contributed by atoms with E-state index in [4.69, 9.17) is 9.47 Å². The molecule has 0 radical (unpaired) electrons. The number of H-pyrrole nitrogens is 1. The molecule has 0 spiro atoms. The van der Waals surface area contributed by atoms with Gasteiger partial charge in [-0.05, 0) is 30.0 Å². The Bertz CT molecular complexity index is 783. The SMILES string of the molecule is CCc1cccc(OCC(=O)NCc2cc(=O)c(OCC(C)C)c[nH]2)c1. The molecule has 2 rings (SSSR count). The lowest BCUT2D eigenvalue weighted by atomic mass is 10.2. The first-order valence-electron chi connectivity index (χ1n) is 8.80. The van der Waals surface area contributed by atoms with Gasteiger partial charge in [-0.1, -0.05) is 32.9 Å². The number of hydrogen-bond donors (Lipinski definition) is 2. The van der Waals surface area contributed by atoms with Gasteiger partial charge in [-0.15, -0.1) is 0 Å². The van der Waals surface area contributed by atoms with Gasteiger partial charge in [-0.2, -0.15) is 0 Å². The van der Waals surface area contributed by atoms with Crippen molar-refractivity contribution in [1.82, 2.24) is 10.3 Å². The summed E-state index contributed by atoms with van der Waals surface area (Å²) in [6.07, 6.45) is 2.44. The van der Waals surface area contributed by atoms with E-state index in [9.17, 15) is 9.59 Å². The van der Waals surface area contributed by atoms with Gasteiger partial charge in [0, 0.05) is 18.0 Å². The van der Waals surface area contributed by atoms with E-state index in [1.165, 1.54) is 12.3 Å². The third-order valence-electron chi connectivity index (χ3n) is 3.66. The van der Waals surface area contributed by atoms with Crippen molar-refractivity contribution in [3.63, 3.8) is 0 Å². The summed E-state index contributed by atoms with van der Waals surface area (Å²) in [5, 5.41) is 2.72. The quantitative estimate of drug-likeness (QED) is 0.722. The van der Waals surface area contributed by atoms with Crippen molar-refractivity contribution in [1.29, 1.82) is 0 Å². The van der Waals surface area contributed by atoms with Crippen molar-refractivity contribution < 1.29 is 14.3 Å². The maximum absolute atomic E-state index is 12.0. The Kier molecular flexibility index (Phi) is 7.26. The van der Waals surface area contributed by atoms with Gasteiger partial charge >= 0.3 is 0 Å². The van der Waals surface area contributed by atoms with Crippen LogP contribution in [0.1, 0.15) is 32.0 Å². The van der Waals surface area contributed by atoms with Gasteiger partial charge in [0.05, 0.1) is 13.2 Å². The largest absolute Gasteiger partial charge is 0.488 e. The van der Waals surface area contributed by atoms with Crippen LogP contribution < -0.4 is 20.2 Å². The fourth-order valence-corrected chi connectivity index (χ4v) is 2.22. The van der Waals surface area contributed by atoms with Gasteiger partial charge in [-0.3, -0.25) is 9.59 Å². The van der Waals surface area contributed by atoms with Crippen molar-refractivity contribution in [2.24, 2.45) is 5.92 Å². The van der Waals surface area contributed by atoms with Crippen molar-refractivity contribution in [3.05, 3.63) is 58.0 Å². The highest BCUT2D eigenvalue weighted by Crippen LogP contribution is 2.13. The predicted molar refractivity (Wildman–Crippen MR) is 101 cm³/mol. The zero-order valence-electron chi connectivity index (χ0n) is 15.5. The molecule has 0 fully saturated rings. The van der Waals surface area contributed by atoms with Crippen molar-refractivity contribution in [2.75, 3.05) is 13.2 Å². The molecule has 2 aromatic rings. The molecule has 6 nitrogen and oxygen atoms in total. The number of nitrogens with one attached hydrogen (secondary N) is 2. The number of rotatable bonds is 9. The molecule has 0 unspecified atom stereocenters. The first-order valence-corrected chi connectivity index (χ1v) is 8.80. The normalized spacial score (nSPS) is 10.6. The van der Waals surface area contributed by atoms with Crippen molar-refractivity contribution >= 4 is 5.91 Å². The Morgan fingerprint density at radius 3 is 2.73 bits per heavy atom. The van der Waals surface area contributed by atoms with Gasteiger partial charge < -0.3 is 19.8 Å². The second-order valence-corrected chi connectivity index (χ2v) is 6.46. The Balaban J connectivity index is 1.81. The van der Waals surface area contributed by atoms with Crippen molar-refractivity contribution in [3.8, 4) is 11.5 Å². The van der Waals surface area contributed by atoms with Crippen LogP contribution in [0.5, 0.6) is 11.5 Å². The fourth-order valence-electron chi connectivity index (χ4n) is 2.22. The average Bonchev–Trinajstić information content (AvgIpc) is 2.64. The Labute approximate surface area is 153 Å². The second kappa shape index (κ2) is 9.65. The van der Waals surface area contributed by atoms with Gasteiger partial charge in [-0.25, -0.2) is 0 Å². The van der Waals surface area contributed by atoms with Crippen LogP contribution in [0.3, 0.4) is 0 Å². The van der Waals surface area contributed by atoms with Crippen LogP contribution in [0, 0.1) is 5.92 Å². The highest BCUT2D eigenvalue weighted by atomic mass is 16.5. The van der Waals surface area contributed by atoms with Gasteiger partial charge in [0.25, 0.3) is 5.91 Å². The van der Waals surface area contributed by atoms with Crippen molar-refractivity contribution in [2.45, 2.75) is 33.7 Å². The van der Waals surface area contributed by atoms with E-state index >= 15 is 0 Å². The van der Waals surface area contributed by atoms with E-state index in [1.807, 2.05) is 38.1 Å². The molecular weight excluding hydrogens is 332 g/mol. The predicted octanol–water partition coefficient (Wildman–Crippen LogP) is 2.67. The number of hydrogen-bond acceptors (Lipinski definition) is 4. The summed E-state index contributed by atoms with van der Waals surface area (Å²) in [4.78, 5) is 26.9. The molecule has 0 saturated carbocycles. The smallest absolute Gasteiger partial charge is 0.258 e. The maximum Gasteiger partial charge on any atom is 0.258 e. The Hall–Kier alpha value is -2.76. The topological polar surface area (TPSA) is 80.4 Å². The molecule has 0 saturated heterocycles. The lowest BCUT2D eigenvalue weighted by Crippen LogP contribution is -2.29. The first kappa shape index (κ1) is 19.6. The number of benzene rings is 1. The highest BCUT2D eigenvalue weighted by molar-refractivity contribution is 5.77. The number of carbonyl (C=O) groups excluding carboxylic acids is 1. The molecule has 2 N–H and O–H groups in total. The third-order valence-corrected chi connectivity index (χ3v) is 3.66. The third kappa shape index (κ3) is 6.27. The summed E-state index contributed by atoms with van der Waals surface area (Å²) in [6.45, 7) is 6.71.